The van der Waals surface area contributed by atoms with Crippen LogP contribution in [0.5, 0.6) is 11.5 Å². The van der Waals surface area contributed by atoms with Gasteiger partial charge in [0.2, 0.25) is 0 Å². The van der Waals surface area contributed by atoms with Crippen LogP contribution in [0.25, 0.3) is 0 Å². The van der Waals surface area contributed by atoms with Crippen molar-refractivity contribution in [2.75, 3.05) is 6.61 Å². The van der Waals surface area contributed by atoms with Crippen LogP contribution in [0.4, 0.5) is 4.39 Å². The van der Waals surface area contributed by atoms with Crippen molar-refractivity contribution in [2.45, 2.75) is 50.7 Å². The molecule has 180 valence electrons. The fraction of sp³-hybridized carbons (Fsp3) is 0.400. The molecule has 0 bridgehead atoms. The number of benzene rings is 2. The van der Waals surface area contributed by atoms with Crippen molar-refractivity contribution >= 4 is 40.7 Å². The molecule has 2 aromatic rings. The van der Waals surface area contributed by atoms with Gasteiger partial charge in [-0.05, 0) is 61.9 Å². The summed E-state index contributed by atoms with van der Waals surface area (Å²) < 4.78 is 24.6. The molecule has 1 amide bonds. The van der Waals surface area contributed by atoms with Gasteiger partial charge in [-0.15, -0.1) is 0 Å². The summed E-state index contributed by atoms with van der Waals surface area (Å²) in [4.78, 5) is 37.4. The van der Waals surface area contributed by atoms with Gasteiger partial charge in [-0.1, -0.05) is 23.2 Å². The van der Waals surface area contributed by atoms with Crippen LogP contribution in [0.3, 0.4) is 0 Å². The van der Waals surface area contributed by atoms with Crippen LogP contribution in [-0.4, -0.2) is 36.2 Å². The summed E-state index contributed by atoms with van der Waals surface area (Å²) >= 11 is 11.6. The molecule has 2 aliphatic rings. The van der Waals surface area contributed by atoms with E-state index in [9.17, 15) is 18.8 Å². The van der Waals surface area contributed by atoms with Crippen LogP contribution >= 0.6 is 23.2 Å². The van der Waals surface area contributed by atoms with Crippen molar-refractivity contribution in [3.05, 3.63) is 57.8 Å². The van der Waals surface area contributed by atoms with Gasteiger partial charge >= 0.3 is 0 Å². The molecule has 34 heavy (non-hydrogen) atoms. The van der Waals surface area contributed by atoms with Gasteiger partial charge in [-0.2, -0.15) is 0 Å². The number of hydrogen-bond acceptors (Lipinski definition) is 5. The molecule has 1 saturated carbocycles. The van der Waals surface area contributed by atoms with Gasteiger partial charge in [-0.3, -0.25) is 14.4 Å². The minimum Gasteiger partial charge on any atom is -0.486 e. The Kier molecular flexibility index (Phi) is 7.73. The summed E-state index contributed by atoms with van der Waals surface area (Å²) in [5, 5.41) is 3.43. The lowest BCUT2D eigenvalue weighted by Crippen LogP contribution is -2.47. The van der Waals surface area contributed by atoms with E-state index < -0.39 is 11.9 Å². The highest BCUT2D eigenvalue weighted by atomic mass is 35.5. The van der Waals surface area contributed by atoms with Crippen molar-refractivity contribution in [1.82, 2.24) is 5.32 Å². The molecule has 0 saturated heterocycles. The second-order valence-electron chi connectivity index (χ2n) is 8.71. The zero-order valence-corrected chi connectivity index (χ0v) is 19.8. The molecule has 0 radical (unpaired) electrons. The predicted molar refractivity (Wildman–Crippen MR) is 125 cm³/mol. The van der Waals surface area contributed by atoms with Gasteiger partial charge in [0.05, 0.1) is 17.0 Å². The highest BCUT2D eigenvalue weighted by Gasteiger charge is 2.33. The summed E-state index contributed by atoms with van der Waals surface area (Å²) in [6.07, 6.45) is 2.53. The Bertz CT molecular complexity index is 1100. The van der Waals surface area contributed by atoms with Crippen LogP contribution in [0, 0.1) is 11.7 Å². The first kappa shape index (κ1) is 24.5. The summed E-state index contributed by atoms with van der Waals surface area (Å²) in [7, 11) is 0. The van der Waals surface area contributed by atoms with E-state index >= 15 is 0 Å². The minimum atomic E-state index is -0.865. The van der Waals surface area contributed by atoms with Gasteiger partial charge in [0.1, 0.15) is 23.9 Å². The fourth-order valence-corrected chi connectivity index (χ4v) is 4.65. The van der Waals surface area contributed by atoms with E-state index in [-0.39, 0.29) is 53.2 Å². The molecular weight excluding hydrogens is 484 g/mol. The third-order valence-corrected chi connectivity index (χ3v) is 6.72. The number of Topliss-reactive ketones (excluding diaryl/α,β-unsaturated/α-hetero) is 2. The number of amides is 1. The van der Waals surface area contributed by atoms with Crippen LogP contribution in [0.15, 0.2) is 36.4 Å². The van der Waals surface area contributed by atoms with Crippen molar-refractivity contribution in [1.29, 1.82) is 0 Å². The maximum atomic E-state index is 13.5. The van der Waals surface area contributed by atoms with Gasteiger partial charge in [-0.25, -0.2) is 4.39 Å². The maximum Gasteiger partial charge on any atom is 0.261 e. The first-order chi connectivity index (χ1) is 16.3. The molecule has 0 aromatic heterocycles. The summed E-state index contributed by atoms with van der Waals surface area (Å²) in [6.45, 7) is -0.128. The standard InChI is InChI=1S/C25H24Cl2FNO5/c26-15-3-8-23-19(10-15)22(31)12-24(34-23)25(32)29-16-4-1-14(2-5-16)9-17(30)13-33-18-6-7-20(27)21(28)11-18/h3,6-8,10-11,14,16,24H,1-2,4-5,9,12-13H2,(H,29,32). The molecule has 4 rings (SSSR count). The van der Waals surface area contributed by atoms with E-state index in [1.165, 1.54) is 12.1 Å². The third-order valence-electron chi connectivity index (χ3n) is 6.17. The first-order valence-electron chi connectivity index (χ1n) is 11.2. The van der Waals surface area contributed by atoms with Crippen molar-refractivity contribution in [2.24, 2.45) is 5.92 Å². The Morgan fingerprint density at radius 3 is 2.59 bits per heavy atom. The van der Waals surface area contributed by atoms with E-state index in [2.05, 4.69) is 5.32 Å². The van der Waals surface area contributed by atoms with Crippen LogP contribution in [-0.2, 0) is 9.59 Å². The van der Waals surface area contributed by atoms with Crippen molar-refractivity contribution in [3.8, 4) is 11.5 Å². The smallest absolute Gasteiger partial charge is 0.261 e. The van der Waals surface area contributed by atoms with Crippen LogP contribution in [0.1, 0.15) is 48.9 Å². The van der Waals surface area contributed by atoms with E-state index in [1.54, 1.807) is 18.2 Å². The average molecular weight is 508 g/mol. The number of carbonyl (C=O) groups is 3. The Labute approximate surface area is 206 Å². The second-order valence-corrected chi connectivity index (χ2v) is 9.55. The SMILES string of the molecule is O=C(COc1ccc(Cl)c(F)c1)CC1CCC(NC(=O)C2CC(=O)c3cc(Cl)ccc3O2)CC1. The van der Waals surface area contributed by atoms with E-state index in [4.69, 9.17) is 32.7 Å². The molecular formula is C25H24Cl2FNO5. The lowest BCUT2D eigenvalue weighted by Gasteiger charge is -2.31. The van der Waals surface area contributed by atoms with Crippen LogP contribution < -0.4 is 14.8 Å². The van der Waals surface area contributed by atoms with E-state index in [0.29, 0.717) is 22.8 Å². The first-order valence-corrected chi connectivity index (χ1v) is 11.9. The summed E-state index contributed by atoms with van der Waals surface area (Å²) in [6, 6.07) is 8.80. The number of fused-ring (bicyclic) bond motifs is 1. The topological polar surface area (TPSA) is 81.7 Å². The molecule has 1 atom stereocenters. The molecule has 6 nitrogen and oxygen atoms in total. The van der Waals surface area contributed by atoms with Gasteiger partial charge < -0.3 is 14.8 Å². The monoisotopic (exact) mass is 507 g/mol. The molecule has 1 aliphatic heterocycles. The third kappa shape index (κ3) is 6.07. The number of carbonyl (C=O) groups excluding carboxylic acids is 3. The number of ketones is 2. The molecule has 1 unspecified atom stereocenters. The van der Waals surface area contributed by atoms with Gasteiger partial charge in [0.15, 0.2) is 17.7 Å². The molecule has 0 spiro atoms. The van der Waals surface area contributed by atoms with Gasteiger partial charge in [0.25, 0.3) is 5.91 Å². The molecule has 2 aromatic carbocycles. The number of rotatable bonds is 7. The van der Waals surface area contributed by atoms with Crippen molar-refractivity contribution < 1.29 is 28.2 Å². The highest BCUT2D eigenvalue weighted by molar-refractivity contribution is 6.31. The number of nitrogens with one attached hydrogen (secondary N) is 1. The highest BCUT2D eigenvalue weighted by Crippen LogP contribution is 2.31. The normalized spacial score (nSPS) is 21.9. The Morgan fingerprint density at radius 1 is 1.09 bits per heavy atom. The zero-order valence-electron chi connectivity index (χ0n) is 18.3. The van der Waals surface area contributed by atoms with E-state index in [1.807, 2.05) is 0 Å². The Balaban J connectivity index is 1.20. The summed E-state index contributed by atoms with van der Waals surface area (Å²) in [5.74, 6) is -0.302. The number of halogens is 3. The lowest BCUT2D eigenvalue weighted by atomic mass is 9.83. The minimum absolute atomic E-state index is 0.00101. The second kappa shape index (κ2) is 10.7. The quantitative estimate of drug-likeness (QED) is 0.558. The predicted octanol–water partition coefficient (Wildman–Crippen LogP) is 5.18. The largest absolute Gasteiger partial charge is 0.486 e. The Hall–Kier alpha value is -2.64. The average Bonchev–Trinajstić information content (AvgIpc) is 2.81. The lowest BCUT2D eigenvalue weighted by molar-refractivity contribution is -0.129. The molecule has 1 fully saturated rings. The van der Waals surface area contributed by atoms with E-state index in [0.717, 1.165) is 31.7 Å². The fourth-order valence-electron chi connectivity index (χ4n) is 4.36. The van der Waals surface area contributed by atoms with Crippen LogP contribution in [0.2, 0.25) is 10.0 Å². The maximum absolute atomic E-state index is 13.5. The zero-order chi connectivity index (χ0) is 24.2. The molecule has 9 heteroatoms. The van der Waals surface area contributed by atoms with Gasteiger partial charge in [0, 0.05) is 23.6 Å². The molecule has 1 aliphatic carbocycles. The molecule has 1 N–H and O–H groups in total. The number of ether oxygens (including phenoxy) is 2. The number of hydrogen-bond donors (Lipinski definition) is 1. The Morgan fingerprint density at radius 2 is 1.85 bits per heavy atom. The van der Waals surface area contributed by atoms with Crippen molar-refractivity contribution in [3.63, 3.8) is 0 Å². The summed E-state index contributed by atoms with van der Waals surface area (Å²) in [5.41, 5.74) is 0.395. The molecule has 1 heterocycles.